The van der Waals surface area contributed by atoms with Crippen LogP contribution >= 0.6 is 11.8 Å². The zero-order valence-corrected chi connectivity index (χ0v) is 18.4. The highest BCUT2D eigenvalue weighted by molar-refractivity contribution is 8.14. The molecule has 0 amide bonds. The highest BCUT2D eigenvalue weighted by Gasteiger charge is 2.65. The minimum Gasteiger partial charge on any atom is -0.458 e. The fourth-order valence-electron chi connectivity index (χ4n) is 7.40. The van der Waals surface area contributed by atoms with Gasteiger partial charge in [0.05, 0.1) is 0 Å². The second-order valence-electron chi connectivity index (χ2n) is 10.2. The van der Waals surface area contributed by atoms with E-state index in [4.69, 9.17) is 4.74 Å². The van der Waals surface area contributed by atoms with Crippen molar-refractivity contribution in [3.8, 4) is 0 Å². The number of carbonyl (C=O) groups is 3. The molecule has 5 rings (SSSR count). The molecule has 6 atom stereocenters. The molecule has 1 heterocycles. The summed E-state index contributed by atoms with van der Waals surface area (Å²) in [5.41, 5.74) is 2.22. The summed E-state index contributed by atoms with van der Waals surface area (Å²) in [4.78, 5) is 36.4. The number of rotatable bonds is 1. The Bertz CT molecular complexity index is 872. The molecule has 0 N–H and O–H groups in total. The van der Waals surface area contributed by atoms with Gasteiger partial charge in [-0.1, -0.05) is 42.8 Å². The van der Waals surface area contributed by atoms with Gasteiger partial charge in [0.1, 0.15) is 5.60 Å². The third-order valence-electron chi connectivity index (χ3n) is 9.00. The van der Waals surface area contributed by atoms with Crippen molar-refractivity contribution in [2.75, 3.05) is 0 Å². The molecule has 0 aromatic heterocycles. The van der Waals surface area contributed by atoms with Crippen LogP contribution in [0.5, 0.6) is 0 Å². The molecule has 1 spiro atoms. The Hall–Kier alpha value is -1.36. The number of thioether (sulfide) groups is 1. The van der Waals surface area contributed by atoms with Crippen molar-refractivity contribution in [2.24, 2.45) is 22.7 Å². The summed E-state index contributed by atoms with van der Waals surface area (Å²) >= 11 is 1.46. The monoisotopic (exact) mass is 414 g/mol. The molecule has 0 unspecified atom stereocenters. The average Bonchev–Trinajstić information content (AvgIpc) is 3.17. The van der Waals surface area contributed by atoms with Crippen LogP contribution < -0.4 is 0 Å². The maximum absolute atomic E-state index is 12.2. The smallest absolute Gasteiger partial charge is 0.306 e. The van der Waals surface area contributed by atoms with Gasteiger partial charge in [-0.25, -0.2) is 0 Å². The molecule has 4 nitrogen and oxygen atoms in total. The second-order valence-corrected chi connectivity index (χ2v) is 11.7. The third-order valence-corrected chi connectivity index (χ3v) is 10.1. The second kappa shape index (κ2) is 6.32. The molecule has 1 saturated heterocycles. The van der Waals surface area contributed by atoms with Crippen molar-refractivity contribution >= 4 is 28.6 Å². The molecule has 29 heavy (non-hydrogen) atoms. The Morgan fingerprint density at radius 2 is 1.97 bits per heavy atom. The van der Waals surface area contributed by atoms with Crippen molar-refractivity contribution in [3.63, 3.8) is 0 Å². The fraction of sp³-hybridized carbons (Fsp3) is 0.708. The topological polar surface area (TPSA) is 60.4 Å². The van der Waals surface area contributed by atoms with E-state index in [-0.39, 0.29) is 38.5 Å². The lowest BCUT2D eigenvalue weighted by Gasteiger charge is -2.59. The van der Waals surface area contributed by atoms with Crippen molar-refractivity contribution in [1.29, 1.82) is 0 Å². The highest BCUT2D eigenvalue weighted by Crippen LogP contribution is 2.68. The first-order chi connectivity index (χ1) is 13.7. The molecular formula is C24H30O4S. The van der Waals surface area contributed by atoms with Crippen LogP contribution in [0.1, 0.15) is 72.1 Å². The summed E-state index contributed by atoms with van der Waals surface area (Å²) in [7, 11) is 0. The highest BCUT2D eigenvalue weighted by atomic mass is 32.2. The van der Waals surface area contributed by atoms with E-state index in [0.29, 0.717) is 24.7 Å². The lowest BCUT2D eigenvalue weighted by Crippen LogP contribution is -2.55. The minimum absolute atomic E-state index is 0.0384. The Balaban J connectivity index is 1.58. The van der Waals surface area contributed by atoms with Gasteiger partial charge in [0.2, 0.25) is 0 Å². The van der Waals surface area contributed by atoms with Crippen LogP contribution in [0.3, 0.4) is 0 Å². The number of allylic oxidation sites excluding steroid dienone is 2. The average molecular weight is 415 g/mol. The molecule has 0 aromatic rings. The largest absolute Gasteiger partial charge is 0.458 e. The summed E-state index contributed by atoms with van der Waals surface area (Å²) in [6, 6.07) is 0. The van der Waals surface area contributed by atoms with Crippen molar-refractivity contribution in [2.45, 2.75) is 83.0 Å². The van der Waals surface area contributed by atoms with Crippen molar-refractivity contribution in [3.05, 3.63) is 23.3 Å². The number of ether oxygens (including phenoxy) is 1. The number of carbonyl (C=O) groups excluding carboxylic acids is 3. The molecule has 5 aliphatic rings. The maximum Gasteiger partial charge on any atom is 0.306 e. The van der Waals surface area contributed by atoms with Crippen LogP contribution in [-0.2, 0) is 19.1 Å². The molecule has 4 aliphatic carbocycles. The number of ketones is 1. The van der Waals surface area contributed by atoms with Gasteiger partial charge in [-0.3, -0.25) is 14.4 Å². The van der Waals surface area contributed by atoms with Gasteiger partial charge in [0, 0.05) is 36.9 Å². The van der Waals surface area contributed by atoms with Crippen molar-refractivity contribution < 1.29 is 19.1 Å². The molecule has 2 saturated carbocycles. The Morgan fingerprint density at radius 1 is 1.17 bits per heavy atom. The summed E-state index contributed by atoms with van der Waals surface area (Å²) in [5.74, 6) is 0.931. The Labute approximate surface area is 176 Å². The van der Waals surface area contributed by atoms with Crippen LogP contribution in [0.25, 0.3) is 0 Å². The van der Waals surface area contributed by atoms with Gasteiger partial charge in [-0.2, -0.15) is 0 Å². The van der Waals surface area contributed by atoms with Gasteiger partial charge in [-0.05, 0) is 55.4 Å². The van der Waals surface area contributed by atoms with E-state index in [1.807, 2.05) is 6.08 Å². The van der Waals surface area contributed by atoms with Crippen LogP contribution in [-0.4, -0.2) is 27.7 Å². The summed E-state index contributed by atoms with van der Waals surface area (Å²) in [6.45, 7) is 6.30. The van der Waals surface area contributed by atoms with Crippen molar-refractivity contribution in [1.82, 2.24) is 0 Å². The zero-order valence-electron chi connectivity index (χ0n) is 17.6. The minimum atomic E-state index is -0.380. The molecule has 0 radical (unpaired) electrons. The standard InChI is InChI=1S/C24H30O4S/c1-14(25)29-19-13-15-12-16(26)4-8-22(15,2)17-5-9-23(3)18(21(17)19)6-10-24(23)11-7-20(27)28-24/h6,12,17,19,21H,4-5,7-11,13H2,1-3H3/t17-,19+,21+,22-,23-,24+/m0/s1. The van der Waals surface area contributed by atoms with Gasteiger partial charge in [-0.15, -0.1) is 0 Å². The zero-order chi connectivity index (χ0) is 20.6. The molecule has 1 aliphatic heterocycles. The predicted octanol–water partition coefficient (Wildman–Crippen LogP) is 4.77. The predicted molar refractivity (Wildman–Crippen MR) is 112 cm³/mol. The summed E-state index contributed by atoms with van der Waals surface area (Å²) in [6.07, 6.45) is 10.8. The van der Waals surface area contributed by atoms with Gasteiger partial charge in [0.25, 0.3) is 0 Å². The molecule has 0 aromatic carbocycles. The van der Waals surface area contributed by atoms with Gasteiger partial charge < -0.3 is 4.74 Å². The summed E-state index contributed by atoms with van der Waals surface area (Å²) < 4.78 is 6.00. The SMILES string of the molecule is CC(=O)S[C@@H]1CC2=CC(=O)CC[C@]2(C)[C@H]2CC[C@@]3(C)C(=CC[C@@]34CCC(=O)O4)[C@H]12. The first-order valence-corrected chi connectivity index (χ1v) is 11.9. The van der Waals surface area contributed by atoms with E-state index in [1.165, 1.54) is 22.9 Å². The number of hydrogen-bond acceptors (Lipinski definition) is 5. The molecule has 156 valence electrons. The van der Waals surface area contributed by atoms with Crippen LogP contribution in [0.15, 0.2) is 23.3 Å². The fourth-order valence-corrected chi connectivity index (χ4v) is 8.57. The summed E-state index contributed by atoms with van der Waals surface area (Å²) in [5, 5.41) is 0.314. The molecular weight excluding hydrogens is 384 g/mol. The Kier molecular flexibility index (Phi) is 4.27. The molecule has 5 heteroatoms. The third kappa shape index (κ3) is 2.62. The van der Waals surface area contributed by atoms with E-state index in [0.717, 1.165) is 38.5 Å². The van der Waals surface area contributed by atoms with Crippen LogP contribution in [0.4, 0.5) is 0 Å². The molecule has 0 bridgehead atoms. The number of hydrogen-bond donors (Lipinski definition) is 0. The van der Waals surface area contributed by atoms with E-state index in [1.54, 1.807) is 6.92 Å². The van der Waals surface area contributed by atoms with Crippen LogP contribution in [0, 0.1) is 22.7 Å². The first-order valence-electron chi connectivity index (χ1n) is 11.0. The van der Waals surface area contributed by atoms with E-state index in [9.17, 15) is 14.4 Å². The maximum atomic E-state index is 12.2. The Morgan fingerprint density at radius 3 is 2.66 bits per heavy atom. The normalized spacial score (nSPS) is 45.8. The lowest BCUT2D eigenvalue weighted by molar-refractivity contribution is -0.158. The van der Waals surface area contributed by atoms with E-state index in [2.05, 4.69) is 19.9 Å². The van der Waals surface area contributed by atoms with Gasteiger partial charge >= 0.3 is 5.97 Å². The quantitative estimate of drug-likeness (QED) is 0.457. The lowest BCUT2D eigenvalue weighted by atomic mass is 9.47. The van der Waals surface area contributed by atoms with E-state index >= 15 is 0 Å². The molecule has 3 fully saturated rings. The van der Waals surface area contributed by atoms with E-state index < -0.39 is 0 Å². The first kappa shape index (κ1) is 19.6. The number of esters is 1. The van der Waals surface area contributed by atoms with Gasteiger partial charge in [0.15, 0.2) is 10.9 Å². The van der Waals surface area contributed by atoms with Crippen LogP contribution in [0.2, 0.25) is 0 Å². The number of fused-ring (bicyclic) bond motifs is 6.